The Bertz CT molecular complexity index is 1240. The van der Waals surface area contributed by atoms with Gasteiger partial charge in [-0.05, 0) is 57.0 Å². The van der Waals surface area contributed by atoms with Gasteiger partial charge in [0.25, 0.3) is 0 Å². The molecule has 1 aromatic heterocycles. The fraction of sp³-hybridized carbons (Fsp3) is 0.320. The number of hydrogen-bond donors (Lipinski definition) is 1. The van der Waals surface area contributed by atoms with Gasteiger partial charge in [0, 0.05) is 35.2 Å². The molecule has 1 aliphatic heterocycles. The van der Waals surface area contributed by atoms with Crippen molar-refractivity contribution in [3.8, 4) is 0 Å². The summed E-state index contributed by atoms with van der Waals surface area (Å²) in [4.78, 5) is 12.4. The molecule has 0 saturated heterocycles. The Morgan fingerprint density at radius 2 is 1.88 bits per heavy atom. The van der Waals surface area contributed by atoms with Gasteiger partial charge in [-0.25, -0.2) is 22.4 Å². The number of carboxylic acid groups (broad SMARTS) is 1. The van der Waals surface area contributed by atoms with E-state index in [1.54, 1.807) is 11.0 Å². The van der Waals surface area contributed by atoms with E-state index in [0.29, 0.717) is 17.4 Å². The van der Waals surface area contributed by atoms with Crippen LogP contribution in [0.5, 0.6) is 0 Å². The first-order chi connectivity index (χ1) is 15.5. The van der Waals surface area contributed by atoms with Crippen molar-refractivity contribution in [1.82, 2.24) is 4.90 Å². The normalized spacial score (nSPS) is 19.4. The topological polar surface area (TPSA) is 53.7 Å². The predicted molar refractivity (Wildman–Crippen MR) is 116 cm³/mol. The van der Waals surface area contributed by atoms with Gasteiger partial charge in [-0.15, -0.1) is 0 Å². The second-order valence-corrected chi connectivity index (χ2v) is 8.98. The van der Waals surface area contributed by atoms with Gasteiger partial charge in [-0.2, -0.15) is 0 Å². The molecular formula is C25H23F4NO3. The van der Waals surface area contributed by atoms with Crippen molar-refractivity contribution in [2.45, 2.75) is 44.9 Å². The number of rotatable bonds is 5. The zero-order valence-electron chi connectivity index (χ0n) is 18.3. The molecule has 33 heavy (non-hydrogen) atoms. The summed E-state index contributed by atoms with van der Waals surface area (Å²) in [7, 11) is 0. The summed E-state index contributed by atoms with van der Waals surface area (Å²) < 4.78 is 65.7. The summed E-state index contributed by atoms with van der Waals surface area (Å²) in [6.45, 7) is 4.42. The van der Waals surface area contributed by atoms with Crippen molar-refractivity contribution in [2.75, 3.05) is 6.54 Å². The van der Waals surface area contributed by atoms with E-state index in [0.717, 1.165) is 24.3 Å². The summed E-state index contributed by atoms with van der Waals surface area (Å²) in [5.41, 5.74) is -1.41. The molecule has 2 aromatic carbocycles. The van der Waals surface area contributed by atoms with Crippen LogP contribution < -0.4 is 0 Å². The summed E-state index contributed by atoms with van der Waals surface area (Å²) in [5, 5.41) is 9.30. The van der Waals surface area contributed by atoms with Gasteiger partial charge in [0.15, 0.2) is 11.4 Å². The molecular weight excluding hydrogens is 438 g/mol. The molecule has 4 rings (SSSR count). The van der Waals surface area contributed by atoms with Gasteiger partial charge >= 0.3 is 5.97 Å². The van der Waals surface area contributed by atoms with Crippen molar-refractivity contribution in [1.29, 1.82) is 0 Å². The highest BCUT2D eigenvalue weighted by Gasteiger charge is 2.42. The first-order valence-electron chi connectivity index (χ1n) is 10.5. The van der Waals surface area contributed by atoms with Crippen LogP contribution in [-0.2, 0) is 11.2 Å². The third-order valence-electron chi connectivity index (χ3n) is 5.80. The lowest BCUT2D eigenvalue weighted by Crippen LogP contribution is -2.48. The minimum absolute atomic E-state index is 0.0112. The first-order valence-corrected chi connectivity index (χ1v) is 10.5. The standard InChI is InChI=1S/C25H23F4NO3/c1-13-9-16-15-5-4-6-17(26)23(15)33-24(16)22(30(13)12-25(2,3)29)21-18(27)10-14(11-19(21)28)7-8-20(31)32/h4-8,10-11,13,22H,9,12H2,1-3H3,(H,31,32)/b8-7+/t13-,22-/m0/s1. The van der Waals surface area contributed by atoms with Gasteiger partial charge in [-0.1, -0.05) is 12.1 Å². The number of para-hydroxylation sites is 1. The quantitative estimate of drug-likeness (QED) is 0.372. The highest BCUT2D eigenvalue weighted by molar-refractivity contribution is 5.85. The SMILES string of the molecule is C[C@H]1Cc2c(oc3c(F)cccc23)[C@H](c2c(F)cc(/C=C/C(=O)O)cc2F)N1CC(C)(C)F. The number of halogens is 4. The van der Waals surface area contributed by atoms with E-state index in [9.17, 15) is 13.6 Å². The van der Waals surface area contributed by atoms with Crippen LogP contribution in [0.3, 0.4) is 0 Å². The fourth-order valence-corrected chi connectivity index (χ4v) is 4.51. The Kier molecular flexibility index (Phi) is 5.82. The Morgan fingerprint density at radius 3 is 2.48 bits per heavy atom. The van der Waals surface area contributed by atoms with Gasteiger partial charge < -0.3 is 9.52 Å². The summed E-state index contributed by atoms with van der Waals surface area (Å²) in [6, 6.07) is 5.02. The molecule has 2 atom stereocenters. The van der Waals surface area contributed by atoms with Crippen LogP contribution in [0.25, 0.3) is 17.0 Å². The number of aliphatic carboxylic acids is 1. The summed E-state index contributed by atoms with van der Waals surface area (Å²) in [5.74, 6) is -3.56. The van der Waals surface area contributed by atoms with Crippen molar-refractivity contribution in [2.24, 2.45) is 0 Å². The second kappa shape index (κ2) is 8.33. The number of furan rings is 1. The first kappa shape index (κ1) is 23.0. The summed E-state index contributed by atoms with van der Waals surface area (Å²) >= 11 is 0. The third kappa shape index (κ3) is 4.39. The van der Waals surface area contributed by atoms with Gasteiger partial charge in [0.05, 0.1) is 0 Å². The number of fused-ring (bicyclic) bond motifs is 3. The van der Waals surface area contributed by atoms with Gasteiger partial charge in [-0.3, -0.25) is 4.90 Å². The van der Waals surface area contributed by atoms with Crippen LogP contribution in [-0.4, -0.2) is 34.2 Å². The Balaban J connectivity index is 1.94. The summed E-state index contributed by atoms with van der Waals surface area (Å²) in [6.07, 6.45) is 2.24. The number of nitrogens with zero attached hydrogens (tertiary/aromatic N) is 1. The Labute approximate surface area is 188 Å². The molecule has 3 aromatic rings. The molecule has 2 heterocycles. The van der Waals surface area contributed by atoms with Crippen LogP contribution in [0.4, 0.5) is 17.6 Å². The maximum atomic E-state index is 15.3. The van der Waals surface area contributed by atoms with Crippen LogP contribution in [0.2, 0.25) is 0 Å². The third-order valence-corrected chi connectivity index (χ3v) is 5.80. The molecule has 0 aliphatic carbocycles. The molecule has 0 saturated carbocycles. The van der Waals surface area contributed by atoms with E-state index in [1.807, 2.05) is 6.92 Å². The molecule has 0 unspecified atom stereocenters. The lowest BCUT2D eigenvalue weighted by atomic mass is 9.87. The number of hydrogen-bond acceptors (Lipinski definition) is 3. The molecule has 8 heteroatoms. The average Bonchev–Trinajstić information content (AvgIpc) is 3.06. The minimum Gasteiger partial charge on any atom is -0.478 e. The maximum absolute atomic E-state index is 15.3. The monoisotopic (exact) mass is 461 g/mol. The second-order valence-electron chi connectivity index (χ2n) is 8.98. The molecule has 0 radical (unpaired) electrons. The van der Waals surface area contributed by atoms with E-state index >= 15 is 8.78 Å². The van der Waals surface area contributed by atoms with Gasteiger partial charge in [0.1, 0.15) is 29.1 Å². The Hall–Kier alpha value is -3.13. The largest absolute Gasteiger partial charge is 0.478 e. The molecule has 174 valence electrons. The van der Waals surface area contributed by atoms with Crippen LogP contribution in [0.1, 0.15) is 49.3 Å². The lowest BCUT2D eigenvalue weighted by molar-refractivity contribution is -0.131. The number of benzene rings is 2. The molecule has 0 amide bonds. The van der Waals surface area contributed by atoms with Crippen molar-refractivity contribution >= 4 is 23.0 Å². The van der Waals surface area contributed by atoms with E-state index < -0.39 is 35.1 Å². The fourth-order valence-electron chi connectivity index (χ4n) is 4.51. The highest BCUT2D eigenvalue weighted by atomic mass is 19.1. The zero-order chi connectivity index (χ0) is 24.1. The number of alkyl halides is 1. The Morgan fingerprint density at radius 1 is 1.21 bits per heavy atom. The maximum Gasteiger partial charge on any atom is 0.328 e. The number of carbonyl (C=O) groups is 1. The molecule has 4 nitrogen and oxygen atoms in total. The van der Waals surface area contributed by atoms with Gasteiger partial charge in [0.2, 0.25) is 0 Å². The molecule has 0 fully saturated rings. The van der Waals surface area contributed by atoms with E-state index in [4.69, 9.17) is 9.52 Å². The molecule has 0 spiro atoms. The van der Waals surface area contributed by atoms with Crippen molar-refractivity contribution in [3.63, 3.8) is 0 Å². The van der Waals surface area contributed by atoms with E-state index in [1.165, 1.54) is 26.0 Å². The number of carboxylic acids is 1. The smallest absolute Gasteiger partial charge is 0.328 e. The van der Waals surface area contributed by atoms with E-state index in [-0.39, 0.29) is 35.1 Å². The highest BCUT2D eigenvalue weighted by Crippen LogP contribution is 2.45. The molecule has 0 bridgehead atoms. The average molecular weight is 461 g/mol. The lowest BCUT2D eigenvalue weighted by Gasteiger charge is -2.42. The van der Waals surface area contributed by atoms with Crippen molar-refractivity contribution in [3.05, 3.63) is 76.3 Å². The zero-order valence-corrected chi connectivity index (χ0v) is 18.3. The van der Waals surface area contributed by atoms with Crippen LogP contribution in [0.15, 0.2) is 40.8 Å². The molecule has 1 aliphatic rings. The predicted octanol–water partition coefficient (Wildman–Crippen LogP) is 6.03. The van der Waals surface area contributed by atoms with Crippen LogP contribution >= 0.6 is 0 Å². The van der Waals surface area contributed by atoms with Crippen molar-refractivity contribution < 1.29 is 31.9 Å². The van der Waals surface area contributed by atoms with Crippen LogP contribution in [0, 0.1) is 17.5 Å². The molecule has 1 N–H and O–H groups in total. The van der Waals surface area contributed by atoms with E-state index in [2.05, 4.69) is 0 Å². The minimum atomic E-state index is -1.68.